The Morgan fingerprint density at radius 1 is 0.938 bits per heavy atom. The van der Waals surface area contributed by atoms with E-state index >= 15 is 0 Å². The lowest BCUT2D eigenvalue weighted by atomic mass is 9.90. The molecule has 2 fully saturated rings. The number of carbonyl (C=O) groups is 2. The van der Waals surface area contributed by atoms with Crippen LogP contribution in [0.2, 0.25) is 0 Å². The second kappa shape index (κ2) is 8.01. The highest BCUT2D eigenvalue weighted by molar-refractivity contribution is 6.07. The molecule has 0 saturated carbocycles. The molecule has 0 unspecified atom stereocenters. The van der Waals surface area contributed by atoms with Crippen LogP contribution in [-0.4, -0.2) is 35.0 Å². The first-order valence-electron chi connectivity index (χ1n) is 10.4. The third kappa shape index (κ3) is 3.27. The molecule has 162 valence electrons. The summed E-state index contributed by atoms with van der Waals surface area (Å²) in [7, 11) is 1.47. The number of rotatable bonds is 5. The number of amides is 2. The molecule has 32 heavy (non-hydrogen) atoms. The molecule has 7 nitrogen and oxygen atoms in total. The minimum absolute atomic E-state index is 0.0422. The molecule has 0 bridgehead atoms. The second-order valence-corrected chi connectivity index (χ2v) is 7.84. The van der Waals surface area contributed by atoms with Gasteiger partial charge >= 0.3 is 0 Å². The fraction of sp³-hybridized carbons (Fsp3) is 0.200. The van der Waals surface area contributed by atoms with Crippen molar-refractivity contribution in [3.05, 3.63) is 90.0 Å². The Hall–Kier alpha value is -3.84. The molecule has 3 aromatic carbocycles. The fourth-order valence-electron chi connectivity index (χ4n) is 4.42. The molecule has 5 rings (SSSR count). The van der Waals surface area contributed by atoms with Crippen LogP contribution >= 0.6 is 0 Å². The number of para-hydroxylation sites is 1. The molecular formula is C25H22N2O5. The summed E-state index contributed by atoms with van der Waals surface area (Å²) in [5.41, 5.74) is 2.24. The summed E-state index contributed by atoms with van der Waals surface area (Å²) >= 11 is 0. The monoisotopic (exact) mass is 430 g/mol. The SMILES string of the molecule is COc1ccc([C@H]2[C@@H]3C(=O)N(Cc4ccccc4)C(=O)[C@@H]3ON2c2ccccc2)cc1O. The first-order valence-corrected chi connectivity index (χ1v) is 10.4. The number of phenolic OH excluding ortho intramolecular Hbond substituents is 1. The van der Waals surface area contributed by atoms with Gasteiger partial charge in [-0.25, -0.2) is 5.06 Å². The van der Waals surface area contributed by atoms with Crippen molar-refractivity contribution in [3.8, 4) is 11.5 Å². The summed E-state index contributed by atoms with van der Waals surface area (Å²) in [6, 6.07) is 23.1. The van der Waals surface area contributed by atoms with Crippen molar-refractivity contribution in [1.82, 2.24) is 4.90 Å². The molecule has 7 heteroatoms. The molecule has 3 atom stereocenters. The highest BCUT2D eigenvalue weighted by Gasteiger charge is 2.59. The molecule has 3 aromatic rings. The number of fused-ring (bicyclic) bond motifs is 1. The smallest absolute Gasteiger partial charge is 0.262 e. The van der Waals surface area contributed by atoms with Crippen LogP contribution in [0.3, 0.4) is 0 Å². The van der Waals surface area contributed by atoms with Crippen molar-refractivity contribution >= 4 is 17.5 Å². The van der Waals surface area contributed by atoms with Crippen LogP contribution in [-0.2, 0) is 21.0 Å². The Morgan fingerprint density at radius 3 is 2.28 bits per heavy atom. The second-order valence-electron chi connectivity index (χ2n) is 7.84. The molecule has 1 N–H and O–H groups in total. The van der Waals surface area contributed by atoms with Gasteiger partial charge in [0, 0.05) is 0 Å². The topological polar surface area (TPSA) is 79.3 Å². The summed E-state index contributed by atoms with van der Waals surface area (Å²) in [5.74, 6) is -1.10. The third-order valence-corrected chi connectivity index (χ3v) is 5.95. The summed E-state index contributed by atoms with van der Waals surface area (Å²) < 4.78 is 5.16. The van der Waals surface area contributed by atoms with Gasteiger partial charge in [-0.05, 0) is 35.4 Å². The van der Waals surface area contributed by atoms with E-state index in [2.05, 4.69) is 0 Å². The van der Waals surface area contributed by atoms with Gasteiger partial charge in [0.2, 0.25) is 5.91 Å². The Bertz CT molecular complexity index is 1150. The minimum Gasteiger partial charge on any atom is -0.504 e. The number of carbonyl (C=O) groups excluding carboxylic acids is 2. The van der Waals surface area contributed by atoms with Crippen LogP contribution in [0.5, 0.6) is 11.5 Å². The number of hydroxylamine groups is 1. The maximum absolute atomic E-state index is 13.5. The molecule has 2 amide bonds. The van der Waals surface area contributed by atoms with Crippen molar-refractivity contribution in [2.45, 2.75) is 18.7 Å². The van der Waals surface area contributed by atoms with Crippen molar-refractivity contribution in [3.63, 3.8) is 0 Å². The number of benzene rings is 3. The van der Waals surface area contributed by atoms with E-state index in [1.165, 1.54) is 12.0 Å². The van der Waals surface area contributed by atoms with Gasteiger partial charge in [0.25, 0.3) is 5.91 Å². The van der Waals surface area contributed by atoms with Crippen molar-refractivity contribution in [2.24, 2.45) is 5.92 Å². The van der Waals surface area contributed by atoms with E-state index in [9.17, 15) is 14.7 Å². The number of imide groups is 1. The van der Waals surface area contributed by atoms with Gasteiger partial charge in [-0.15, -0.1) is 0 Å². The highest BCUT2D eigenvalue weighted by Crippen LogP contribution is 2.48. The molecule has 0 aliphatic carbocycles. The molecule has 0 radical (unpaired) electrons. The lowest BCUT2D eigenvalue weighted by Gasteiger charge is -2.29. The van der Waals surface area contributed by atoms with Gasteiger partial charge in [-0.3, -0.25) is 19.3 Å². The Balaban J connectivity index is 1.54. The zero-order valence-corrected chi connectivity index (χ0v) is 17.4. The fourth-order valence-corrected chi connectivity index (χ4v) is 4.42. The first kappa shape index (κ1) is 20.1. The Morgan fingerprint density at radius 2 is 1.62 bits per heavy atom. The lowest BCUT2D eigenvalue weighted by Crippen LogP contribution is -2.36. The average Bonchev–Trinajstić information content (AvgIpc) is 3.32. The van der Waals surface area contributed by atoms with Crippen LogP contribution in [0.1, 0.15) is 17.2 Å². The van der Waals surface area contributed by atoms with Crippen LogP contribution in [0.4, 0.5) is 5.69 Å². The van der Waals surface area contributed by atoms with E-state index in [4.69, 9.17) is 9.57 Å². The number of hydrogen-bond donors (Lipinski definition) is 1. The van der Waals surface area contributed by atoms with Crippen LogP contribution in [0, 0.1) is 5.92 Å². The number of aromatic hydroxyl groups is 1. The van der Waals surface area contributed by atoms with Crippen LogP contribution in [0.15, 0.2) is 78.9 Å². The van der Waals surface area contributed by atoms with Crippen molar-refractivity contribution in [2.75, 3.05) is 12.2 Å². The molecule has 0 aromatic heterocycles. The number of phenols is 1. The van der Waals surface area contributed by atoms with Gasteiger partial charge in [0.1, 0.15) is 5.92 Å². The average molecular weight is 430 g/mol. The van der Waals surface area contributed by atoms with Gasteiger partial charge < -0.3 is 9.84 Å². The molecule has 2 aliphatic rings. The molecule has 2 saturated heterocycles. The maximum atomic E-state index is 13.5. The van der Waals surface area contributed by atoms with Crippen molar-refractivity contribution < 1.29 is 24.3 Å². The third-order valence-electron chi connectivity index (χ3n) is 5.95. The van der Waals surface area contributed by atoms with Crippen LogP contribution in [0.25, 0.3) is 0 Å². The van der Waals surface area contributed by atoms with Gasteiger partial charge in [-0.1, -0.05) is 54.6 Å². The number of ether oxygens (including phenoxy) is 1. The Kier molecular flexibility index (Phi) is 5.03. The predicted octanol–water partition coefficient (Wildman–Crippen LogP) is 3.45. The number of hydrogen-bond acceptors (Lipinski definition) is 6. The molecule has 2 heterocycles. The highest BCUT2D eigenvalue weighted by atomic mass is 16.7. The first-order chi connectivity index (χ1) is 15.6. The van der Waals surface area contributed by atoms with Gasteiger partial charge in [0.15, 0.2) is 17.6 Å². The normalized spacial score (nSPS) is 22.3. The largest absolute Gasteiger partial charge is 0.504 e. The number of likely N-dealkylation sites (tertiary alicyclic amines) is 1. The molecular weight excluding hydrogens is 408 g/mol. The van der Waals surface area contributed by atoms with E-state index in [0.29, 0.717) is 11.3 Å². The van der Waals surface area contributed by atoms with E-state index < -0.39 is 18.1 Å². The standard InChI is InChI=1S/C25H22N2O5/c1-31-20-13-12-17(14-19(20)28)22-21-23(32-27(22)18-10-6-3-7-11-18)25(30)26(24(21)29)15-16-8-4-2-5-9-16/h2-14,21-23,28H,15H2,1H3/t21-,22-,23+/m0/s1. The minimum atomic E-state index is -0.930. The van der Waals surface area contributed by atoms with E-state index in [-0.39, 0.29) is 24.1 Å². The zero-order chi connectivity index (χ0) is 22.2. The quantitative estimate of drug-likeness (QED) is 0.625. The maximum Gasteiger partial charge on any atom is 0.262 e. The number of anilines is 1. The summed E-state index contributed by atoms with van der Waals surface area (Å²) in [5, 5.41) is 12.0. The zero-order valence-electron chi connectivity index (χ0n) is 17.4. The predicted molar refractivity (Wildman–Crippen MR) is 117 cm³/mol. The van der Waals surface area contributed by atoms with E-state index in [0.717, 1.165) is 11.3 Å². The molecule has 0 spiro atoms. The van der Waals surface area contributed by atoms with Crippen molar-refractivity contribution in [1.29, 1.82) is 0 Å². The van der Waals surface area contributed by atoms with E-state index in [1.54, 1.807) is 23.3 Å². The lowest BCUT2D eigenvalue weighted by molar-refractivity contribution is -0.143. The number of nitrogens with zero attached hydrogens (tertiary/aromatic N) is 2. The summed E-state index contributed by atoms with van der Waals surface area (Å²) in [6.45, 7) is 0.195. The number of methoxy groups -OCH3 is 1. The Labute approximate surface area is 185 Å². The van der Waals surface area contributed by atoms with Crippen LogP contribution < -0.4 is 9.80 Å². The van der Waals surface area contributed by atoms with E-state index in [1.807, 2.05) is 60.7 Å². The summed E-state index contributed by atoms with van der Waals surface area (Å²) in [6.07, 6.45) is -0.930. The molecule has 2 aliphatic heterocycles. The van der Waals surface area contributed by atoms with Gasteiger partial charge in [0.05, 0.1) is 25.4 Å². The van der Waals surface area contributed by atoms with Gasteiger partial charge in [-0.2, -0.15) is 0 Å². The summed E-state index contributed by atoms with van der Waals surface area (Å²) in [4.78, 5) is 34.0.